The predicted molar refractivity (Wildman–Crippen MR) is 344 cm³/mol. The van der Waals surface area contributed by atoms with Crippen molar-refractivity contribution in [3.8, 4) is 0 Å². The van der Waals surface area contributed by atoms with Crippen molar-refractivity contribution in [1.29, 1.82) is 0 Å². The third kappa shape index (κ3) is 52.5. The summed E-state index contributed by atoms with van der Waals surface area (Å²) in [4.78, 5) is 5.62. The molecule has 0 amide bonds. The highest BCUT2D eigenvalue weighted by molar-refractivity contribution is 5.30. The fourth-order valence-corrected chi connectivity index (χ4v) is 12.3. The lowest BCUT2D eigenvalue weighted by atomic mass is 10.0. The molecule has 0 saturated heterocycles. The van der Waals surface area contributed by atoms with Crippen LogP contribution in [-0.2, 0) is 19.7 Å². The van der Waals surface area contributed by atoms with Crippen LogP contribution in [0.5, 0.6) is 0 Å². The van der Waals surface area contributed by atoms with Crippen LogP contribution in [0.2, 0.25) is 0 Å². The van der Waals surface area contributed by atoms with Crippen LogP contribution < -0.4 is 0 Å². The standard InChI is InChI=1S/C73H142N2O/c1-5-9-13-17-21-25-29-33-37-41-45-49-53-57-61-74(62-58-54-50-46-42-38-34-30-26-22-18-14-10-6-2)68-71-65-72(67-73(66-71)70-76)69-75(63-59-55-51-47-43-39-35-31-27-23-19-15-11-7-3)64-60-56-52-48-44-40-36-32-28-24-20-16-12-8-4/h65-67,76H,5-64,68-70H2,1-4H3. The van der Waals surface area contributed by atoms with Crippen molar-refractivity contribution in [1.82, 2.24) is 9.80 Å². The van der Waals surface area contributed by atoms with Gasteiger partial charge >= 0.3 is 0 Å². The quantitative estimate of drug-likeness (QED) is 0.0659. The average Bonchev–Trinajstić information content (AvgIpc) is 3.43. The molecule has 0 aromatic heterocycles. The van der Waals surface area contributed by atoms with Gasteiger partial charge in [-0.3, -0.25) is 9.80 Å². The molecule has 76 heavy (non-hydrogen) atoms. The Morgan fingerprint density at radius 2 is 0.355 bits per heavy atom. The number of unbranched alkanes of at least 4 members (excludes halogenated alkanes) is 52. The zero-order valence-corrected chi connectivity index (χ0v) is 53.1. The predicted octanol–water partition coefficient (Wildman–Crippen LogP) is 24.7. The van der Waals surface area contributed by atoms with Crippen LogP contribution in [0.15, 0.2) is 18.2 Å². The van der Waals surface area contributed by atoms with E-state index in [1.165, 1.54) is 397 Å². The highest BCUT2D eigenvalue weighted by atomic mass is 16.3. The largest absolute Gasteiger partial charge is 0.392 e. The summed E-state index contributed by atoms with van der Waals surface area (Å²) in [5.41, 5.74) is 3.99. The molecule has 0 aliphatic carbocycles. The Hall–Kier alpha value is -0.900. The molecule has 1 rings (SSSR count). The summed E-state index contributed by atoms with van der Waals surface area (Å²) in [5.74, 6) is 0. The minimum absolute atomic E-state index is 0.149. The van der Waals surface area contributed by atoms with Gasteiger partial charge in [-0.2, -0.15) is 0 Å². The van der Waals surface area contributed by atoms with Gasteiger partial charge in [-0.05, 0) is 68.6 Å². The van der Waals surface area contributed by atoms with E-state index in [0.29, 0.717) is 0 Å². The lowest BCUT2D eigenvalue weighted by Crippen LogP contribution is -2.27. The van der Waals surface area contributed by atoms with Crippen LogP contribution in [0.4, 0.5) is 0 Å². The first-order chi connectivity index (χ1) is 37.7. The lowest BCUT2D eigenvalue weighted by Gasteiger charge is -2.25. The van der Waals surface area contributed by atoms with E-state index in [1.807, 2.05) is 0 Å². The molecule has 0 heterocycles. The van der Waals surface area contributed by atoms with Crippen LogP contribution in [0.25, 0.3) is 0 Å². The Morgan fingerprint density at radius 1 is 0.211 bits per heavy atom. The zero-order chi connectivity index (χ0) is 54.6. The number of benzene rings is 1. The van der Waals surface area contributed by atoms with Crippen molar-refractivity contribution in [3.05, 3.63) is 34.9 Å². The Balaban J connectivity index is 2.77. The third-order valence-corrected chi connectivity index (χ3v) is 17.4. The molecule has 0 spiro atoms. The fraction of sp³-hybridized carbons (Fsp3) is 0.918. The first kappa shape index (κ1) is 73.1. The van der Waals surface area contributed by atoms with E-state index in [1.54, 1.807) is 0 Å². The van der Waals surface area contributed by atoms with Crippen molar-refractivity contribution in [2.75, 3.05) is 26.2 Å². The van der Waals surface area contributed by atoms with Crippen LogP contribution in [0, 0.1) is 0 Å². The SMILES string of the molecule is CCCCCCCCCCCCCCCCN(CCCCCCCCCCCCCCCC)Cc1cc(CO)cc(CN(CCCCCCCCCCCCCCCC)CCCCCCCCCCCCCCCC)c1. The molecule has 450 valence electrons. The van der Waals surface area contributed by atoms with E-state index in [0.717, 1.165) is 18.7 Å². The fourth-order valence-electron chi connectivity index (χ4n) is 12.3. The van der Waals surface area contributed by atoms with Gasteiger partial charge in [0, 0.05) is 13.1 Å². The van der Waals surface area contributed by atoms with Gasteiger partial charge in [0.25, 0.3) is 0 Å². The van der Waals surface area contributed by atoms with E-state index >= 15 is 0 Å². The van der Waals surface area contributed by atoms with Gasteiger partial charge in [0.2, 0.25) is 0 Å². The van der Waals surface area contributed by atoms with Gasteiger partial charge in [0.15, 0.2) is 0 Å². The van der Waals surface area contributed by atoms with Gasteiger partial charge in [-0.1, -0.05) is 380 Å². The summed E-state index contributed by atoms with van der Waals surface area (Å²) in [7, 11) is 0. The van der Waals surface area contributed by atoms with Crippen molar-refractivity contribution < 1.29 is 5.11 Å². The molecule has 0 radical (unpaired) electrons. The van der Waals surface area contributed by atoms with E-state index in [4.69, 9.17) is 0 Å². The van der Waals surface area contributed by atoms with Crippen molar-refractivity contribution >= 4 is 0 Å². The van der Waals surface area contributed by atoms with E-state index < -0.39 is 0 Å². The summed E-state index contributed by atoms with van der Waals surface area (Å²) in [6, 6.07) is 7.24. The molecular formula is C73H142N2O. The molecule has 1 aromatic rings. The maximum Gasteiger partial charge on any atom is 0.0682 e. The minimum atomic E-state index is 0.149. The molecule has 1 aromatic carbocycles. The first-order valence-electron chi connectivity index (χ1n) is 35.8. The van der Waals surface area contributed by atoms with Gasteiger partial charge in [-0.25, -0.2) is 0 Å². The van der Waals surface area contributed by atoms with E-state index in [9.17, 15) is 5.11 Å². The monoisotopic (exact) mass is 1060 g/mol. The van der Waals surface area contributed by atoms with Crippen molar-refractivity contribution in [2.24, 2.45) is 0 Å². The van der Waals surface area contributed by atoms with Crippen LogP contribution >= 0.6 is 0 Å². The Kier molecular flexibility index (Phi) is 59.4. The molecule has 1 N–H and O–H groups in total. The normalized spacial score (nSPS) is 11.9. The molecule has 0 atom stereocenters. The minimum Gasteiger partial charge on any atom is -0.392 e. The lowest BCUT2D eigenvalue weighted by molar-refractivity contribution is 0.247. The molecule has 0 unspecified atom stereocenters. The molecule has 0 bridgehead atoms. The van der Waals surface area contributed by atoms with Gasteiger partial charge < -0.3 is 5.11 Å². The van der Waals surface area contributed by atoms with Crippen LogP contribution in [0.3, 0.4) is 0 Å². The third-order valence-electron chi connectivity index (χ3n) is 17.4. The summed E-state index contributed by atoms with van der Waals surface area (Å²) < 4.78 is 0. The van der Waals surface area contributed by atoms with Gasteiger partial charge in [0.05, 0.1) is 6.61 Å². The summed E-state index contributed by atoms with van der Waals surface area (Å²) in [5, 5.41) is 10.6. The van der Waals surface area contributed by atoms with Crippen LogP contribution in [0.1, 0.15) is 404 Å². The second-order valence-electron chi connectivity index (χ2n) is 25.3. The maximum absolute atomic E-state index is 10.6. The molecule has 0 aliphatic heterocycles. The smallest absolute Gasteiger partial charge is 0.0682 e. The first-order valence-corrected chi connectivity index (χ1v) is 35.8. The second-order valence-corrected chi connectivity index (χ2v) is 25.3. The topological polar surface area (TPSA) is 26.7 Å². The van der Waals surface area contributed by atoms with Crippen LogP contribution in [-0.4, -0.2) is 41.1 Å². The number of aliphatic hydroxyl groups is 1. The number of rotatable bonds is 65. The molecular weight excluding hydrogens is 921 g/mol. The van der Waals surface area contributed by atoms with E-state index in [2.05, 4.69) is 55.7 Å². The van der Waals surface area contributed by atoms with E-state index in [-0.39, 0.29) is 6.61 Å². The van der Waals surface area contributed by atoms with Gasteiger partial charge in [0.1, 0.15) is 0 Å². The summed E-state index contributed by atoms with van der Waals surface area (Å²) in [6.07, 6.45) is 79.7. The Morgan fingerprint density at radius 3 is 0.513 bits per heavy atom. The summed E-state index contributed by atoms with van der Waals surface area (Å²) >= 11 is 0. The molecule has 3 nitrogen and oxygen atoms in total. The Bertz CT molecular complexity index is 1080. The average molecular weight is 1060 g/mol. The highest BCUT2D eigenvalue weighted by Crippen LogP contribution is 2.21. The Labute approximate surface area is 480 Å². The number of hydrogen-bond donors (Lipinski definition) is 1. The highest BCUT2D eigenvalue weighted by Gasteiger charge is 2.12. The molecule has 0 aliphatic rings. The summed E-state index contributed by atoms with van der Waals surface area (Å²) in [6.45, 7) is 16.4. The number of nitrogens with zero attached hydrogens (tertiary/aromatic N) is 2. The van der Waals surface area contributed by atoms with Crippen molar-refractivity contribution in [2.45, 2.75) is 407 Å². The molecule has 0 saturated carbocycles. The zero-order valence-electron chi connectivity index (χ0n) is 53.1. The van der Waals surface area contributed by atoms with Gasteiger partial charge in [-0.15, -0.1) is 0 Å². The van der Waals surface area contributed by atoms with Crippen molar-refractivity contribution in [3.63, 3.8) is 0 Å². The maximum atomic E-state index is 10.6. The number of hydrogen-bond acceptors (Lipinski definition) is 3. The number of aliphatic hydroxyl groups excluding tert-OH is 1. The molecule has 0 fully saturated rings. The second kappa shape index (κ2) is 61.7. The molecule has 3 heteroatoms.